The molecule has 0 aromatic heterocycles. The van der Waals surface area contributed by atoms with E-state index < -0.39 is 23.9 Å². The van der Waals surface area contributed by atoms with Crippen molar-refractivity contribution in [3.63, 3.8) is 0 Å². The Hall–Kier alpha value is -5.64. The minimum atomic E-state index is -1.21. The molecule has 3 N–H and O–H groups in total. The molecule has 6 aromatic rings. The van der Waals surface area contributed by atoms with Crippen LogP contribution in [0.5, 0.6) is 0 Å². The summed E-state index contributed by atoms with van der Waals surface area (Å²) in [5.74, 6) is -2.58. The van der Waals surface area contributed by atoms with Crippen LogP contribution in [0, 0.1) is 0 Å². The number of carbonyl (C=O) groups excluding carboxylic acids is 3. The van der Waals surface area contributed by atoms with E-state index in [9.17, 15) is 24.3 Å². The minimum absolute atomic E-state index is 0.00208. The van der Waals surface area contributed by atoms with Gasteiger partial charge in [0.1, 0.15) is 6.10 Å². The number of carbonyl (C=O) groups is 4. The Balaban J connectivity index is 1.21. The largest absolute Gasteiger partial charge is 0.478 e. The molecule has 62 heavy (non-hydrogen) atoms. The van der Waals surface area contributed by atoms with Crippen LogP contribution in [0.3, 0.4) is 0 Å². The van der Waals surface area contributed by atoms with Gasteiger partial charge in [-0.25, -0.2) is 9.59 Å². The van der Waals surface area contributed by atoms with Crippen LogP contribution < -0.4 is 10.6 Å². The van der Waals surface area contributed by atoms with Crippen molar-refractivity contribution in [2.45, 2.75) is 64.9 Å². The quantitative estimate of drug-likeness (QED) is 0.0784. The summed E-state index contributed by atoms with van der Waals surface area (Å²) in [6.45, 7) is 4.15. The number of ether oxygens (including phenoxy) is 1. The number of anilines is 2. The maximum atomic E-state index is 14.1. The van der Waals surface area contributed by atoms with Gasteiger partial charge in [-0.2, -0.15) is 0 Å². The molecule has 0 saturated heterocycles. The Labute approximate surface area is 381 Å². The molecule has 0 aliphatic rings. The molecule has 0 bridgehead atoms. The number of carboxylic acid groups (broad SMARTS) is 1. The first-order valence-corrected chi connectivity index (χ1v) is 21.7. The van der Waals surface area contributed by atoms with Crippen molar-refractivity contribution < 1.29 is 29.0 Å². The molecule has 318 valence electrons. The zero-order valence-corrected chi connectivity index (χ0v) is 37.1. The van der Waals surface area contributed by atoms with Crippen molar-refractivity contribution in [2.24, 2.45) is 0 Å². The fourth-order valence-corrected chi connectivity index (χ4v) is 7.60. The summed E-state index contributed by atoms with van der Waals surface area (Å²) in [5.41, 5.74) is 6.90. The number of aryl methyl sites for hydroxylation is 1. The molecular formula is C50H44Cl4N2O6. The van der Waals surface area contributed by atoms with E-state index in [-0.39, 0.29) is 35.6 Å². The van der Waals surface area contributed by atoms with Crippen LogP contribution in [-0.4, -0.2) is 28.9 Å². The van der Waals surface area contributed by atoms with E-state index in [1.807, 2.05) is 49.4 Å². The first-order chi connectivity index (χ1) is 29.8. The van der Waals surface area contributed by atoms with Crippen LogP contribution in [0.1, 0.15) is 88.6 Å². The summed E-state index contributed by atoms with van der Waals surface area (Å²) in [7, 11) is 0. The summed E-state index contributed by atoms with van der Waals surface area (Å²) in [6, 6.07) is 35.5. The first kappa shape index (κ1) is 45.9. The molecule has 6 aromatic carbocycles. The predicted octanol–water partition coefficient (Wildman–Crippen LogP) is 13.7. The second-order valence-electron chi connectivity index (χ2n) is 14.9. The van der Waals surface area contributed by atoms with E-state index in [0.29, 0.717) is 60.9 Å². The van der Waals surface area contributed by atoms with E-state index in [1.54, 1.807) is 60.7 Å². The second-order valence-corrected chi connectivity index (χ2v) is 16.5. The van der Waals surface area contributed by atoms with Gasteiger partial charge in [0.05, 0.1) is 55.4 Å². The molecule has 0 aliphatic heterocycles. The van der Waals surface area contributed by atoms with Crippen LogP contribution >= 0.6 is 46.4 Å². The van der Waals surface area contributed by atoms with Crippen LogP contribution in [0.25, 0.3) is 22.3 Å². The van der Waals surface area contributed by atoms with Crippen LogP contribution in [0.15, 0.2) is 121 Å². The number of carboxylic acids is 1. The molecule has 0 spiro atoms. The lowest BCUT2D eigenvalue weighted by Crippen LogP contribution is -2.19. The zero-order chi connectivity index (χ0) is 44.3. The highest BCUT2D eigenvalue weighted by Gasteiger charge is 2.23. The van der Waals surface area contributed by atoms with Crippen LogP contribution in [0.4, 0.5) is 11.4 Å². The molecule has 12 heteroatoms. The predicted molar refractivity (Wildman–Crippen MR) is 250 cm³/mol. The number of halogens is 4. The number of aromatic carboxylic acids is 1. The summed E-state index contributed by atoms with van der Waals surface area (Å²) in [5, 5.41) is 17.1. The van der Waals surface area contributed by atoms with Crippen molar-refractivity contribution in [3.8, 4) is 22.3 Å². The Bertz CT molecular complexity index is 2600. The van der Waals surface area contributed by atoms with E-state index >= 15 is 0 Å². The summed E-state index contributed by atoms with van der Waals surface area (Å²) >= 11 is 24.4. The molecule has 1 unspecified atom stereocenters. The summed E-state index contributed by atoms with van der Waals surface area (Å²) < 4.78 is 6.18. The fraction of sp³-hybridized carbons (Fsp3) is 0.200. The monoisotopic (exact) mass is 908 g/mol. The van der Waals surface area contributed by atoms with Crippen LogP contribution in [0.2, 0.25) is 20.1 Å². The van der Waals surface area contributed by atoms with E-state index in [2.05, 4.69) is 29.7 Å². The van der Waals surface area contributed by atoms with E-state index in [0.717, 1.165) is 36.0 Å². The summed E-state index contributed by atoms with van der Waals surface area (Å²) in [6.07, 6.45) is 3.76. The number of esters is 1. The van der Waals surface area contributed by atoms with Gasteiger partial charge in [-0.1, -0.05) is 146 Å². The molecule has 0 fully saturated rings. The standard InChI is InChI=1S/C50H44Cl4N2O6/c1-3-5-7-30-8-12-33(13-9-30)37-18-20-38(45(29-37)56-48(58)27-32-11-22-41(52)43(54)25-32)50(61)62-46(6-4-2)35-16-14-34(15-17-35)36-19-23-44(39(28-36)49(59)60)55-47(57)26-31-10-21-40(51)42(53)24-31/h8-25,28-29,46H,3-7,26-27H2,1-2H3,(H,55,57)(H,56,58)(H,59,60). The minimum Gasteiger partial charge on any atom is -0.478 e. The molecule has 6 rings (SSSR count). The van der Waals surface area contributed by atoms with Crippen molar-refractivity contribution in [3.05, 3.63) is 175 Å². The van der Waals surface area contributed by atoms with Gasteiger partial charge in [-0.15, -0.1) is 0 Å². The fourth-order valence-electron chi connectivity index (χ4n) is 6.96. The van der Waals surface area contributed by atoms with Gasteiger partial charge in [0.15, 0.2) is 0 Å². The number of hydrogen-bond donors (Lipinski definition) is 3. The van der Waals surface area contributed by atoms with E-state index in [4.69, 9.17) is 51.1 Å². The van der Waals surface area contributed by atoms with Crippen molar-refractivity contribution in [1.29, 1.82) is 0 Å². The van der Waals surface area contributed by atoms with Gasteiger partial charge in [0.2, 0.25) is 11.8 Å². The van der Waals surface area contributed by atoms with E-state index in [1.165, 1.54) is 11.6 Å². The Kier molecular flexibility index (Phi) is 15.9. The molecular weight excluding hydrogens is 866 g/mol. The van der Waals surface area contributed by atoms with Crippen LogP contribution in [-0.2, 0) is 33.6 Å². The first-order valence-electron chi connectivity index (χ1n) is 20.2. The lowest BCUT2D eigenvalue weighted by Gasteiger charge is -2.20. The third-order valence-corrected chi connectivity index (χ3v) is 11.7. The smallest absolute Gasteiger partial charge is 0.340 e. The molecule has 0 aliphatic carbocycles. The number of benzene rings is 6. The maximum absolute atomic E-state index is 14.1. The third kappa shape index (κ3) is 12.0. The molecule has 2 amide bonds. The highest BCUT2D eigenvalue weighted by molar-refractivity contribution is 6.42. The second kappa shape index (κ2) is 21.4. The number of unbranched alkanes of at least 4 members (excludes halogenated alkanes) is 1. The van der Waals surface area contributed by atoms with Gasteiger partial charge in [-0.3, -0.25) is 9.59 Å². The van der Waals surface area contributed by atoms with Crippen molar-refractivity contribution in [2.75, 3.05) is 10.6 Å². The third-order valence-electron chi connectivity index (χ3n) is 10.3. The van der Waals surface area contributed by atoms with Crippen molar-refractivity contribution in [1.82, 2.24) is 0 Å². The molecule has 8 nitrogen and oxygen atoms in total. The number of rotatable bonds is 17. The van der Waals surface area contributed by atoms with Gasteiger partial charge in [-0.05, 0) is 112 Å². The average Bonchev–Trinajstić information content (AvgIpc) is 3.25. The molecule has 1 atom stereocenters. The number of nitrogens with one attached hydrogen (secondary N) is 2. The number of hydrogen-bond acceptors (Lipinski definition) is 5. The Morgan fingerprint density at radius 1 is 0.548 bits per heavy atom. The molecule has 0 saturated carbocycles. The normalized spacial score (nSPS) is 11.5. The molecule has 0 radical (unpaired) electrons. The SMILES string of the molecule is CCCCc1ccc(-c2ccc(C(=O)OC(CCC)c3ccc(-c4ccc(NC(=O)Cc5ccc(Cl)c(Cl)c5)c(C(=O)O)c4)cc3)c(NC(=O)Cc3ccc(Cl)c(Cl)c3)c2)cc1. The summed E-state index contributed by atoms with van der Waals surface area (Å²) in [4.78, 5) is 52.7. The maximum Gasteiger partial charge on any atom is 0.340 e. The van der Waals surface area contributed by atoms with Gasteiger partial charge < -0.3 is 20.5 Å². The van der Waals surface area contributed by atoms with Gasteiger partial charge in [0.25, 0.3) is 0 Å². The highest BCUT2D eigenvalue weighted by Crippen LogP contribution is 2.33. The highest BCUT2D eigenvalue weighted by atomic mass is 35.5. The average molecular weight is 911 g/mol. The Morgan fingerprint density at radius 2 is 1.06 bits per heavy atom. The topological polar surface area (TPSA) is 122 Å². The Morgan fingerprint density at radius 3 is 1.61 bits per heavy atom. The van der Waals surface area contributed by atoms with Crippen molar-refractivity contribution >= 4 is 81.5 Å². The van der Waals surface area contributed by atoms with Gasteiger partial charge in [0, 0.05) is 0 Å². The zero-order valence-electron chi connectivity index (χ0n) is 34.1. The number of amides is 2. The van der Waals surface area contributed by atoms with Gasteiger partial charge >= 0.3 is 11.9 Å². The molecule has 0 heterocycles. The lowest BCUT2D eigenvalue weighted by atomic mass is 9.97. The lowest BCUT2D eigenvalue weighted by molar-refractivity contribution is -0.116.